The second-order valence-corrected chi connectivity index (χ2v) is 10.7. The van der Waals surface area contributed by atoms with Gasteiger partial charge in [0.05, 0.1) is 11.5 Å². The Labute approximate surface area is 203 Å². The number of rotatable bonds is 4. The molecule has 0 spiro atoms. The number of ketones is 2. The van der Waals surface area contributed by atoms with Gasteiger partial charge in [0, 0.05) is 24.1 Å². The zero-order valence-electron chi connectivity index (χ0n) is 19.3. The van der Waals surface area contributed by atoms with E-state index in [2.05, 4.69) is 0 Å². The number of carbonyl (C=O) groups excluding carboxylic acids is 3. The fourth-order valence-electron chi connectivity index (χ4n) is 4.65. The molecule has 3 aromatic carbocycles. The van der Waals surface area contributed by atoms with Gasteiger partial charge in [-0.15, -0.1) is 0 Å². The van der Waals surface area contributed by atoms with Crippen LogP contribution in [0.2, 0.25) is 0 Å². The van der Waals surface area contributed by atoms with Gasteiger partial charge >= 0.3 is 5.97 Å². The Hall–Kier alpha value is -3.62. The molecule has 0 amide bonds. The first kappa shape index (κ1) is 23.1. The summed E-state index contributed by atoms with van der Waals surface area (Å²) in [6, 6.07) is 12.5. The maximum atomic E-state index is 13.6. The molecule has 0 saturated carbocycles. The van der Waals surface area contributed by atoms with Crippen molar-refractivity contribution in [2.75, 3.05) is 6.61 Å². The molecule has 3 aromatic rings. The number of ether oxygens (including phenoxy) is 1. The lowest BCUT2D eigenvalue weighted by molar-refractivity contribution is -0.148. The van der Waals surface area contributed by atoms with E-state index in [1.807, 2.05) is 19.1 Å². The Bertz CT molecular complexity index is 1540. The molecule has 0 fully saturated rings. The summed E-state index contributed by atoms with van der Waals surface area (Å²) in [4.78, 5) is 37.6. The van der Waals surface area contributed by atoms with E-state index in [4.69, 9.17) is 4.74 Å². The monoisotopic (exact) mass is 489 g/mol. The predicted octanol–water partition coefficient (Wildman–Crippen LogP) is 3.76. The van der Waals surface area contributed by atoms with Crippen LogP contribution in [0.4, 0.5) is 0 Å². The maximum absolute atomic E-state index is 13.6. The van der Waals surface area contributed by atoms with Gasteiger partial charge in [-0.2, -0.15) is 4.31 Å². The van der Waals surface area contributed by atoms with Crippen LogP contribution in [-0.4, -0.2) is 42.9 Å². The number of carbonyl (C=O) groups is 3. The fourth-order valence-corrected chi connectivity index (χ4v) is 6.20. The van der Waals surface area contributed by atoms with Crippen molar-refractivity contribution in [3.05, 3.63) is 88.5 Å². The molecule has 1 aliphatic heterocycles. The van der Waals surface area contributed by atoms with E-state index in [0.717, 1.165) is 27.5 Å². The van der Waals surface area contributed by atoms with Crippen molar-refractivity contribution in [1.82, 2.24) is 4.31 Å². The number of fused-ring (bicyclic) bond motifs is 3. The number of hydrogen-bond acceptors (Lipinski definition) is 6. The summed E-state index contributed by atoms with van der Waals surface area (Å²) >= 11 is 0. The lowest BCUT2D eigenvalue weighted by atomic mass is 9.88. The van der Waals surface area contributed by atoms with Crippen molar-refractivity contribution in [1.29, 1.82) is 0 Å². The van der Waals surface area contributed by atoms with Crippen LogP contribution < -0.4 is 0 Å². The van der Waals surface area contributed by atoms with E-state index < -0.39 is 22.0 Å². The van der Waals surface area contributed by atoms with Crippen molar-refractivity contribution >= 4 is 38.3 Å². The van der Waals surface area contributed by atoms with Gasteiger partial charge < -0.3 is 4.74 Å². The normalized spacial score (nSPS) is 17.8. The molecule has 35 heavy (non-hydrogen) atoms. The summed E-state index contributed by atoms with van der Waals surface area (Å²) in [5.74, 6) is -1.09. The maximum Gasteiger partial charge on any atom is 0.324 e. The van der Waals surface area contributed by atoms with Crippen LogP contribution in [0, 0.1) is 6.92 Å². The van der Waals surface area contributed by atoms with Crippen molar-refractivity contribution in [2.45, 2.75) is 37.8 Å². The first-order chi connectivity index (χ1) is 16.7. The van der Waals surface area contributed by atoms with Crippen LogP contribution in [0.3, 0.4) is 0 Å². The van der Waals surface area contributed by atoms with Gasteiger partial charge in [0.1, 0.15) is 6.04 Å². The summed E-state index contributed by atoms with van der Waals surface area (Å²) < 4.78 is 33.6. The van der Waals surface area contributed by atoms with Crippen LogP contribution in [-0.2, 0) is 32.5 Å². The summed E-state index contributed by atoms with van der Waals surface area (Å²) in [6.07, 6.45) is 2.66. The number of sulfonamides is 1. The largest absolute Gasteiger partial charge is 0.465 e. The summed E-state index contributed by atoms with van der Waals surface area (Å²) in [7, 11) is -3.99. The average molecular weight is 490 g/mol. The fraction of sp³-hybridized carbons (Fsp3) is 0.222. The molecule has 0 aromatic heterocycles. The van der Waals surface area contributed by atoms with E-state index in [9.17, 15) is 22.8 Å². The van der Waals surface area contributed by atoms with Gasteiger partial charge in [0.25, 0.3) is 0 Å². The van der Waals surface area contributed by atoms with E-state index >= 15 is 0 Å². The molecule has 1 atom stereocenters. The molecule has 1 aliphatic carbocycles. The van der Waals surface area contributed by atoms with Crippen LogP contribution in [0.5, 0.6) is 0 Å². The molecule has 8 heteroatoms. The number of aryl methyl sites for hydroxylation is 1. The quantitative estimate of drug-likeness (QED) is 0.518. The van der Waals surface area contributed by atoms with Gasteiger partial charge in [-0.1, -0.05) is 23.8 Å². The highest BCUT2D eigenvalue weighted by atomic mass is 32.2. The van der Waals surface area contributed by atoms with Gasteiger partial charge in [-0.3, -0.25) is 14.4 Å². The van der Waals surface area contributed by atoms with E-state index in [1.165, 1.54) is 28.6 Å². The number of nitrogens with zero attached hydrogens (tertiary/aromatic N) is 1. The molecule has 0 radical (unpaired) electrons. The third-order valence-electron chi connectivity index (χ3n) is 6.49. The minimum atomic E-state index is -3.99. The molecule has 7 nitrogen and oxygen atoms in total. The van der Waals surface area contributed by atoms with Crippen LogP contribution in [0.1, 0.15) is 44.3 Å². The summed E-state index contributed by atoms with van der Waals surface area (Å²) in [6.45, 7) is 3.66. The summed E-state index contributed by atoms with van der Waals surface area (Å²) in [5.41, 5.74) is 3.13. The highest BCUT2D eigenvalue weighted by Crippen LogP contribution is 2.34. The number of allylic oxidation sites excluding steroid dienone is 2. The number of hydrogen-bond donors (Lipinski definition) is 0. The Morgan fingerprint density at radius 3 is 2.09 bits per heavy atom. The third kappa shape index (κ3) is 3.98. The van der Waals surface area contributed by atoms with E-state index in [1.54, 1.807) is 31.2 Å². The second kappa shape index (κ2) is 8.55. The smallest absolute Gasteiger partial charge is 0.324 e. The molecule has 0 bridgehead atoms. The van der Waals surface area contributed by atoms with Crippen LogP contribution >= 0.6 is 0 Å². The SMILES string of the molecule is CCOC(=O)C1Cc2cc3cc4c(cc3cc2CN1S(=O)(=O)c1ccc(C)cc1)C(=O)C=CC4=O. The zero-order chi connectivity index (χ0) is 24.9. The Balaban J connectivity index is 1.63. The van der Waals surface area contributed by atoms with Gasteiger partial charge in [0.15, 0.2) is 11.6 Å². The van der Waals surface area contributed by atoms with Crippen LogP contribution in [0.25, 0.3) is 10.8 Å². The second-order valence-electron chi connectivity index (χ2n) is 8.76. The topological polar surface area (TPSA) is 97.8 Å². The third-order valence-corrected chi connectivity index (χ3v) is 8.35. The first-order valence-electron chi connectivity index (χ1n) is 11.3. The standard InChI is InChI=1S/C27H23NO6S/c1-3-34-27(31)24-14-19-10-17-12-22-23(26(30)9-8-25(22)29)13-18(17)11-20(19)15-28(24)35(32,33)21-6-4-16(2)5-7-21/h4-13,24H,3,14-15H2,1-2H3. The molecule has 1 unspecified atom stereocenters. The minimum Gasteiger partial charge on any atom is -0.465 e. The Kier molecular flexibility index (Phi) is 5.65. The Morgan fingerprint density at radius 2 is 1.51 bits per heavy atom. The molecule has 0 saturated heterocycles. The minimum absolute atomic E-state index is 0.0190. The van der Waals surface area contributed by atoms with E-state index in [0.29, 0.717) is 11.1 Å². The summed E-state index contributed by atoms with van der Waals surface area (Å²) in [5, 5.41) is 1.47. The lowest BCUT2D eigenvalue weighted by Gasteiger charge is -2.34. The number of benzene rings is 3. The average Bonchev–Trinajstić information content (AvgIpc) is 2.84. The molecule has 178 valence electrons. The molecule has 5 rings (SSSR count). The van der Waals surface area contributed by atoms with Crippen molar-refractivity contribution < 1.29 is 27.5 Å². The highest BCUT2D eigenvalue weighted by molar-refractivity contribution is 7.89. The molecular formula is C27H23NO6S. The molecular weight excluding hydrogens is 466 g/mol. The van der Waals surface area contributed by atoms with Gasteiger partial charge in [-0.05, 0) is 78.2 Å². The van der Waals surface area contributed by atoms with Crippen LogP contribution in [0.15, 0.2) is 65.6 Å². The highest BCUT2D eigenvalue weighted by Gasteiger charge is 2.40. The lowest BCUT2D eigenvalue weighted by Crippen LogP contribution is -2.49. The first-order valence-corrected chi connectivity index (χ1v) is 12.7. The van der Waals surface area contributed by atoms with Crippen molar-refractivity contribution in [3.8, 4) is 0 Å². The zero-order valence-corrected chi connectivity index (χ0v) is 20.1. The van der Waals surface area contributed by atoms with Crippen molar-refractivity contribution in [2.24, 2.45) is 0 Å². The molecule has 0 N–H and O–H groups in total. The van der Waals surface area contributed by atoms with Gasteiger partial charge in [0.2, 0.25) is 10.0 Å². The molecule has 2 aliphatic rings. The van der Waals surface area contributed by atoms with E-state index in [-0.39, 0.29) is 36.0 Å². The number of esters is 1. The van der Waals surface area contributed by atoms with Gasteiger partial charge in [-0.25, -0.2) is 8.42 Å². The molecule has 1 heterocycles. The Morgan fingerprint density at radius 1 is 0.943 bits per heavy atom. The van der Waals surface area contributed by atoms with Crippen molar-refractivity contribution in [3.63, 3.8) is 0 Å². The predicted molar refractivity (Wildman–Crippen MR) is 130 cm³/mol.